The molecule has 0 aliphatic carbocycles. The van der Waals surface area contributed by atoms with Crippen molar-refractivity contribution in [2.24, 2.45) is 0 Å². The summed E-state index contributed by atoms with van der Waals surface area (Å²) in [4.78, 5) is 32.4. The Morgan fingerprint density at radius 2 is 1.79 bits per heavy atom. The lowest BCUT2D eigenvalue weighted by Gasteiger charge is -2.36. The van der Waals surface area contributed by atoms with Gasteiger partial charge in [-0.15, -0.1) is 0 Å². The number of benzene rings is 1. The van der Waals surface area contributed by atoms with Gasteiger partial charge in [-0.2, -0.15) is 0 Å². The summed E-state index contributed by atoms with van der Waals surface area (Å²) < 4.78 is 10.6. The van der Waals surface area contributed by atoms with Gasteiger partial charge in [0.2, 0.25) is 0 Å². The molecule has 1 aliphatic heterocycles. The number of nitrogens with one attached hydrogen (secondary N) is 1. The molecule has 178 valence electrons. The van der Waals surface area contributed by atoms with Crippen LogP contribution in [0.5, 0.6) is 0 Å². The normalized spacial score (nSPS) is 14.1. The Bertz CT molecular complexity index is 941. The van der Waals surface area contributed by atoms with Gasteiger partial charge in [0.25, 0.3) is 0 Å². The van der Waals surface area contributed by atoms with E-state index in [1.807, 2.05) is 57.2 Å². The van der Waals surface area contributed by atoms with E-state index < -0.39 is 11.7 Å². The fourth-order valence-corrected chi connectivity index (χ4v) is 3.66. The Labute approximate surface area is 199 Å². The lowest BCUT2D eigenvalue weighted by atomic mass is 10.2. The molecule has 9 heteroatoms. The van der Waals surface area contributed by atoms with Crippen LogP contribution in [0.1, 0.15) is 31.9 Å². The van der Waals surface area contributed by atoms with Gasteiger partial charge >= 0.3 is 12.2 Å². The van der Waals surface area contributed by atoms with E-state index in [9.17, 15) is 9.59 Å². The first-order valence-electron chi connectivity index (χ1n) is 11.0. The number of halogens is 1. The van der Waals surface area contributed by atoms with Crippen LogP contribution < -0.4 is 10.2 Å². The maximum absolute atomic E-state index is 12.2. The Morgan fingerprint density at radius 1 is 1.09 bits per heavy atom. The van der Waals surface area contributed by atoms with Gasteiger partial charge in [-0.1, -0.05) is 41.9 Å². The minimum atomic E-state index is -0.512. The monoisotopic (exact) mass is 474 g/mol. The van der Waals surface area contributed by atoms with E-state index in [1.165, 1.54) is 0 Å². The van der Waals surface area contributed by atoms with Crippen LogP contribution in [0.25, 0.3) is 0 Å². The molecule has 2 amide bonds. The Hall–Kier alpha value is -3.00. The van der Waals surface area contributed by atoms with Crippen molar-refractivity contribution in [3.8, 4) is 0 Å². The third-order valence-corrected chi connectivity index (χ3v) is 5.28. The first kappa shape index (κ1) is 24.6. The third-order valence-electron chi connectivity index (χ3n) is 5.01. The Balaban J connectivity index is 1.42. The number of pyridine rings is 1. The number of amides is 2. The first-order chi connectivity index (χ1) is 15.7. The summed E-state index contributed by atoms with van der Waals surface area (Å²) in [7, 11) is 0. The quantitative estimate of drug-likeness (QED) is 0.673. The second-order valence-electron chi connectivity index (χ2n) is 8.84. The number of hydrogen-bond donors (Lipinski definition) is 1. The van der Waals surface area contributed by atoms with Crippen molar-refractivity contribution < 1.29 is 19.1 Å². The summed E-state index contributed by atoms with van der Waals surface area (Å²) in [5.41, 5.74) is 1.34. The fraction of sp³-hybridized carbons (Fsp3) is 0.458. The molecule has 2 heterocycles. The largest absolute Gasteiger partial charge is 0.445 e. The molecule has 0 spiro atoms. The van der Waals surface area contributed by atoms with Crippen molar-refractivity contribution in [1.82, 2.24) is 15.2 Å². The lowest BCUT2D eigenvalue weighted by Crippen LogP contribution is -2.50. The van der Waals surface area contributed by atoms with Crippen molar-refractivity contribution in [1.29, 1.82) is 0 Å². The summed E-state index contributed by atoms with van der Waals surface area (Å²) in [6.07, 6.45) is 1.59. The minimum absolute atomic E-state index is 0.232. The molecule has 0 saturated carbocycles. The van der Waals surface area contributed by atoms with Crippen LogP contribution in [0.3, 0.4) is 0 Å². The number of rotatable bonds is 6. The molecule has 0 unspecified atom stereocenters. The van der Waals surface area contributed by atoms with Gasteiger partial charge in [0.1, 0.15) is 18.0 Å². The molecule has 0 bridgehead atoms. The number of ether oxygens (including phenoxy) is 2. The van der Waals surface area contributed by atoms with Gasteiger partial charge in [0, 0.05) is 38.9 Å². The van der Waals surface area contributed by atoms with Crippen molar-refractivity contribution in [3.63, 3.8) is 0 Å². The summed E-state index contributed by atoms with van der Waals surface area (Å²) in [5, 5.41) is 3.28. The average molecular weight is 475 g/mol. The van der Waals surface area contributed by atoms with Crippen molar-refractivity contribution in [2.45, 2.75) is 39.4 Å². The van der Waals surface area contributed by atoms with Gasteiger partial charge in [0.15, 0.2) is 0 Å². The van der Waals surface area contributed by atoms with Crippen LogP contribution in [-0.4, -0.2) is 60.4 Å². The van der Waals surface area contributed by atoms with E-state index in [0.29, 0.717) is 50.0 Å². The third kappa shape index (κ3) is 7.82. The van der Waals surface area contributed by atoms with Gasteiger partial charge in [-0.05, 0) is 44.4 Å². The van der Waals surface area contributed by atoms with Crippen LogP contribution in [0, 0.1) is 0 Å². The van der Waals surface area contributed by atoms with Crippen molar-refractivity contribution in [2.75, 3.05) is 37.6 Å². The van der Waals surface area contributed by atoms with E-state index in [-0.39, 0.29) is 12.7 Å². The van der Waals surface area contributed by atoms with Crippen LogP contribution in [0.15, 0.2) is 42.6 Å². The number of aromatic nitrogens is 1. The summed E-state index contributed by atoms with van der Waals surface area (Å²) in [6.45, 7) is 8.56. The van der Waals surface area contributed by atoms with Gasteiger partial charge in [0.05, 0.1) is 5.02 Å². The number of hydrogen-bond acceptors (Lipinski definition) is 6. The number of carbonyl (C=O) groups excluding carboxylic acids is 2. The molecular formula is C24H31ClN4O4. The molecule has 0 radical (unpaired) electrons. The molecular weight excluding hydrogens is 444 g/mol. The molecule has 1 N–H and O–H groups in total. The number of piperazine rings is 1. The standard InChI is InChI=1S/C24H31ClN4O4/c1-24(2,3)33-23(31)29-13-11-28(12-14-29)21-20(25)15-19(16-27-21)9-10-26-22(30)32-17-18-7-5-4-6-8-18/h4-8,15-16H,9-14,17H2,1-3H3,(H,26,30). The zero-order valence-electron chi connectivity index (χ0n) is 19.3. The number of nitrogens with zero attached hydrogens (tertiary/aromatic N) is 3. The van der Waals surface area contributed by atoms with E-state index in [0.717, 1.165) is 11.1 Å². The predicted octanol–water partition coefficient (Wildman–Crippen LogP) is 4.26. The molecule has 3 rings (SSSR count). The smallest absolute Gasteiger partial charge is 0.410 e. The highest BCUT2D eigenvalue weighted by Crippen LogP contribution is 2.25. The molecule has 8 nitrogen and oxygen atoms in total. The second kappa shape index (κ2) is 11.2. The molecule has 1 aliphatic rings. The zero-order chi connectivity index (χ0) is 23.8. The minimum Gasteiger partial charge on any atom is -0.445 e. The SMILES string of the molecule is CC(C)(C)OC(=O)N1CCN(c2ncc(CCNC(=O)OCc3ccccc3)cc2Cl)CC1. The highest BCUT2D eigenvalue weighted by atomic mass is 35.5. The van der Waals surface area contributed by atoms with Gasteiger partial charge in [-0.25, -0.2) is 14.6 Å². The van der Waals surface area contributed by atoms with Crippen molar-refractivity contribution in [3.05, 3.63) is 58.7 Å². The Kier molecular flexibility index (Phi) is 8.38. The number of alkyl carbamates (subject to hydrolysis) is 1. The van der Waals surface area contributed by atoms with Crippen LogP contribution in [0.2, 0.25) is 5.02 Å². The first-order valence-corrected chi connectivity index (χ1v) is 11.4. The average Bonchev–Trinajstić information content (AvgIpc) is 2.77. The molecule has 1 fully saturated rings. The van der Waals surface area contributed by atoms with Crippen LogP contribution in [-0.2, 0) is 22.5 Å². The highest BCUT2D eigenvalue weighted by Gasteiger charge is 2.27. The summed E-state index contributed by atoms with van der Waals surface area (Å²) >= 11 is 6.49. The maximum atomic E-state index is 12.2. The predicted molar refractivity (Wildman–Crippen MR) is 128 cm³/mol. The van der Waals surface area contributed by atoms with E-state index in [4.69, 9.17) is 21.1 Å². The molecule has 2 aromatic rings. The fourth-order valence-electron chi connectivity index (χ4n) is 3.35. The molecule has 1 aromatic heterocycles. The lowest BCUT2D eigenvalue weighted by molar-refractivity contribution is 0.0240. The summed E-state index contributed by atoms with van der Waals surface area (Å²) in [5.74, 6) is 0.694. The number of carbonyl (C=O) groups is 2. The Morgan fingerprint density at radius 3 is 2.42 bits per heavy atom. The van der Waals surface area contributed by atoms with Gasteiger partial charge in [-0.3, -0.25) is 0 Å². The van der Waals surface area contributed by atoms with E-state index in [2.05, 4.69) is 15.2 Å². The molecule has 33 heavy (non-hydrogen) atoms. The van der Waals surface area contributed by atoms with Crippen LogP contribution >= 0.6 is 11.6 Å². The maximum Gasteiger partial charge on any atom is 0.410 e. The van der Waals surface area contributed by atoms with E-state index >= 15 is 0 Å². The van der Waals surface area contributed by atoms with Crippen molar-refractivity contribution >= 4 is 29.6 Å². The summed E-state index contributed by atoms with van der Waals surface area (Å²) in [6, 6.07) is 11.4. The number of anilines is 1. The van der Waals surface area contributed by atoms with Crippen LogP contribution in [0.4, 0.5) is 15.4 Å². The molecule has 1 saturated heterocycles. The molecule has 0 atom stereocenters. The zero-order valence-corrected chi connectivity index (χ0v) is 20.1. The van der Waals surface area contributed by atoms with E-state index in [1.54, 1.807) is 11.1 Å². The topological polar surface area (TPSA) is 84.0 Å². The highest BCUT2D eigenvalue weighted by molar-refractivity contribution is 6.33. The second-order valence-corrected chi connectivity index (χ2v) is 9.25. The molecule has 1 aromatic carbocycles. The van der Waals surface area contributed by atoms with Gasteiger partial charge < -0.3 is 24.6 Å².